The van der Waals surface area contributed by atoms with Gasteiger partial charge in [0.05, 0.1) is 22.1 Å². The van der Waals surface area contributed by atoms with Crippen molar-refractivity contribution in [3.8, 4) is 44.8 Å². The maximum Gasteiger partial charge on any atom is 0.0547 e. The zero-order valence-electron chi connectivity index (χ0n) is 27.4. The largest absolute Gasteiger partial charge is 0.309 e. The van der Waals surface area contributed by atoms with Crippen LogP contribution in [0.15, 0.2) is 194 Å². The van der Waals surface area contributed by atoms with Gasteiger partial charge in [0.25, 0.3) is 0 Å². The molecule has 0 N–H and O–H groups in total. The van der Waals surface area contributed by atoms with Gasteiger partial charge >= 0.3 is 0 Å². The molecule has 2 aromatic heterocycles. The molecule has 0 spiro atoms. The third-order valence-electron chi connectivity index (χ3n) is 10.1. The van der Waals surface area contributed by atoms with Crippen molar-refractivity contribution in [1.82, 2.24) is 9.13 Å². The molecule has 0 aliphatic rings. The van der Waals surface area contributed by atoms with Crippen LogP contribution in [0.25, 0.3) is 88.4 Å². The molecule has 0 unspecified atom stereocenters. The van der Waals surface area contributed by atoms with Gasteiger partial charge in [0, 0.05) is 32.9 Å². The Morgan fingerprint density at radius 3 is 1.54 bits per heavy atom. The van der Waals surface area contributed by atoms with Crippen LogP contribution in [0.2, 0.25) is 0 Å². The number of para-hydroxylation sites is 2. The third-order valence-corrected chi connectivity index (χ3v) is 10.1. The first-order valence-corrected chi connectivity index (χ1v) is 17.2. The van der Waals surface area contributed by atoms with Crippen LogP contribution in [0.3, 0.4) is 0 Å². The van der Waals surface area contributed by atoms with Gasteiger partial charge in [0.2, 0.25) is 0 Å². The molecule has 0 bridgehead atoms. The number of nitrogens with zero attached hydrogens (tertiary/aromatic N) is 2. The minimum atomic E-state index is 1.15. The molecule has 0 amide bonds. The van der Waals surface area contributed by atoms with Crippen LogP contribution >= 0.6 is 0 Å². The smallest absolute Gasteiger partial charge is 0.0547 e. The van der Waals surface area contributed by atoms with E-state index in [-0.39, 0.29) is 0 Å². The first-order chi connectivity index (χ1) is 24.8. The van der Waals surface area contributed by atoms with E-state index >= 15 is 0 Å². The highest BCUT2D eigenvalue weighted by Gasteiger charge is 2.18. The van der Waals surface area contributed by atoms with Crippen molar-refractivity contribution in [3.63, 3.8) is 0 Å². The van der Waals surface area contributed by atoms with Gasteiger partial charge < -0.3 is 9.13 Å². The second-order valence-electron chi connectivity index (χ2n) is 13.0. The molecule has 0 aliphatic carbocycles. The van der Waals surface area contributed by atoms with Crippen molar-refractivity contribution in [3.05, 3.63) is 194 Å². The Hall–Kier alpha value is -6.64. The van der Waals surface area contributed by atoms with E-state index in [4.69, 9.17) is 0 Å². The van der Waals surface area contributed by atoms with Crippen molar-refractivity contribution >= 4 is 43.6 Å². The lowest BCUT2D eigenvalue weighted by Crippen LogP contribution is -1.95. The van der Waals surface area contributed by atoms with Gasteiger partial charge in [-0.2, -0.15) is 0 Å². The second kappa shape index (κ2) is 11.5. The highest BCUT2D eigenvalue weighted by molar-refractivity contribution is 6.17. The Balaban J connectivity index is 1.18. The molecule has 234 valence electrons. The van der Waals surface area contributed by atoms with Crippen LogP contribution in [0.1, 0.15) is 0 Å². The third kappa shape index (κ3) is 4.50. The summed E-state index contributed by atoms with van der Waals surface area (Å²) in [6, 6.07) is 70.4. The Morgan fingerprint density at radius 2 is 0.780 bits per heavy atom. The van der Waals surface area contributed by atoms with Crippen LogP contribution in [-0.4, -0.2) is 9.13 Å². The Morgan fingerprint density at radius 1 is 0.260 bits per heavy atom. The summed E-state index contributed by atoms with van der Waals surface area (Å²) in [5, 5.41) is 5.03. The summed E-state index contributed by atoms with van der Waals surface area (Å²) in [4.78, 5) is 0. The zero-order chi connectivity index (χ0) is 33.0. The van der Waals surface area contributed by atoms with Gasteiger partial charge in [-0.3, -0.25) is 0 Å². The molecular formula is C48H32N2. The van der Waals surface area contributed by atoms with E-state index in [1.165, 1.54) is 77.0 Å². The van der Waals surface area contributed by atoms with E-state index in [1.54, 1.807) is 0 Å². The monoisotopic (exact) mass is 636 g/mol. The van der Waals surface area contributed by atoms with Crippen molar-refractivity contribution in [2.75, 3.05) is 0 Å². The number of hydrogen-bond acceptors (Lipinski definition) is 0. The van der Waals surface area contributed by atoms with E-state index in [1.807, 2.05) is 0 Å². The molecule has 0 saturated carbocycles. The Labute approximate surface area is 290 Å². The Kier molecular flexibility index (Phi) is 6.53. The van der Waals surface area contributed by atoms with E-state index in [9.17, 15) is 0 Å². The fraction of sp³-hybridized carbons (Fsp3) is 0. The van der Waals surface area contributed by atoms with Crippen LogP contribution in [-0.2, 0) is 0 Å². The number of rotatable bonds is 5. The Bertz CT molecular complexity index is 2840. The molecule has 2 nitrogen and oxygen atoms in total. The number of aromatic nitrogens is 2. The molecule has 8 aromatic carbocycles. The van der Waals surface area contributed by atoms with Gasteiger partial charge in [-0.15, -0.1) is 0 Å². The number of benzene rings is 8. The summed E-state index contributed by atoms with van der Waals surface area (Å²) < 4.78 is 4.84. The molecular weight excluding hydrogens is 605 g/mol. The standard InChI is InChI=1S/C48H32N2/c1-3-13-33(14-4-1)35-25-28-38(29-26-35)49-44-22-9-7-19-41(44)42-30-27-37(32-47(42)49)40-21-12-24-46-48(40)43-20-8-10-23-45(43)50(46)39-18-11-17-36(31-39)34-15-5-2-6-16-34/h1-32H. The zero-order valence-corrected chi connectivity index (χ0v) is 27.4. The fourth-order valence-corrected chi connectivity index (χ4v) is 7.84. The van der Waals surface area contributed by atoms with Crippen LogP contribution in [0.5, 0.6) is 0 Å². The molecule has 10 aromatic rings. The van der Waals surface area contributed by atoms with E-state index in [0.717, 1.165) is 11.4 Å². The molecule has 0 fully saturated rings. The van der Waals surface area contributed by atoms with Crippen LogP contribution in [0, 0.1) is 0 Å². The van der Waals surface area contributed by atoms with E-state index < -0.39 is 0 Å². The lowest BCUT2D eigenvalue weighted by Gasteiger charge is -2.12. The summed E-state index contributed by atoms with van der Waals surface area (Å²) in [5.41, 5.74) is 14.4. The molecule has 0 saturated heterocycles. The van der Waals surface area contributed by atoms with Crippen LogP contribution < -0.4 is 0 Å². The quantitative estimate of drug-likeness (QED) is 0.178. The molecule has 10 rings (SSSR count). The first-order valence-electron chi connectivity index (χ1n) is 17.2. The van der Waals surface area contributed by atoms with Crippen molar-refractivity contribution in [2.45, 2.75) is 0 Å². The van der Waals surface area contributed by atoms with E-state index in [0.29, 0.717) is 0 Å². The van der Waals surface area contributed by atoms with Gasteiger partial charge in [-0.25, -0.2) is 0 Å². The average molecular weight is 637 g/mol. The predicted molar refractivity (Wildman–Crippen MR) is 211 cm³/mol. The molecule has 0 radical (unpaired) electrons. The molecule has 0 atom stereocenters. The maximum atomic E-state index is 2.42. The molecule has 0 aliphatic heterocycles. The summed E-state index contributed by atoms with van der Waals surface area (Å²) >= 11 is 0. The first kappa shape index (κ1) is 28.4. The maximum absolute atomic E-state index is 2.42. The molecule has 50 heavy (non-hydrogen) atoms. The predicted octanol–water partition coefficient (Wildman–Crippen LogP) is 12.9. The summed E-state index contributed by atoms with van der Waals surface area (Å²) in [7, 11) is 0. The minimum absolute atomic E-state index is 1.15. The van der Waals surface area contributed by atoms with Crippen LogP contribution in [0.4, 0.5) is 0 Å². The lowest BCUT2D eigenvalue weighted by molar-refractivity contribution is 1.18. The fourth-order valence-electron chi connectivity index (χ4n) is 7.84. The highest BCUT2D eigenvalue weighted by atomic mass is 15.0. The van der Waals surface area contributed by atoms with Crippen molar-refractivity contribution in [1.29, 1.82) is 0 Å². The lowest BCUT2D eigenvalue weighted by atomic mass is 9.98. The highest BCUT2D eigenvalue weighted by Crippen LogP contribution is 2.41. The topological polar surface area (TPSA) is 9.86 Å². The molecule has 2 heterocycles. The number of hydrogen-bond donors (Lipinski definition) is 0. The summed E-state index contributed by atoms with van der Waals surface area (Å²) in [6.07, 6.45) is 0. The van der Waals surface area contributed by atoms with Gasteiger partial charge in [-0.05, 0) is 81.9 Å². The normalized spacial score (nSPS) is 11.6. The summed E-state index contributed by atoms with van der Waals surface area (Å²) in [6.45, 7) is 0. The van der Waals surface area contributed by atoms with Gasteiger partial charge in [0.1, 0.15) is 0 Å². The van der Waals surface area contributed by atoms with E-state index in [2.05, 4.69) is 203 Å². The average Bonchev–Trinajstić information content (AvgIpc) is 3.71. The second-order valence-corrected chi connectivity index (χ2v) is 13.0. The number of fused-ring (bicyclic) bond motifs is 6. The van der Waals surface area contributed by atoms with Gasteiger partial charge in [0.15, 0.2) is 0 Å². The summed E-state index contributed by atoms with van der Waals surface area (Å²) in [5.74, 6) is 0. The van der Waals surface area contributed by atoms with Crippen molar-refractivity contribution < 1.29 is 0 Å². The van der Waals surface area contributed by atoms with Crippen molar-refractivity contribution in [2.24, 2.45) is 0 Å². The van der Waals surface area contributed by atoms with Gasteiger partial charge in [-0.1, -0.05) is 146 Å². The SMILES string of the molecule is c1ccc(-c2ccc(-n3c4ccccc4c4ccc(-c5cccc6c5c5ccccc5n6-c5cccc(-c6ccccc6)c5)cc43)cc2)cc1. The molecule has 2 heteroatoms. The minimum Gasteiger partial charge on any atom is -0.309 e.